The van der Waals surface area contributed by atoms with Gasteiger partial charge in [-0.3, -0.25) is 0 Å². The van der Waals surface area contributed by atoms with E-state index in [0.29, 0.717) is 0 Å². The maximum Gasteiger partial charge on any atom is 0.435 e. The van der Waals surface area contributed by atoms with Crippen LogP contribution in [0.15, 0.2) is 48.9 Å². The molecule has 0 amide bonds. The Morgan fingerprint density at radius 3 is 2.16 bits per heavy atom. The van der Waals surface area contributed by atoms with E-state index in [4.69, 9.17) is 0 Å². The maximum absolute atomic E-state index is 14.1. The molecule has 0 bridgehead atoms. The third kappa shape index (κ3) is 4.03. The molecule has 4 aromatic heterocycles. The fourth-order valence-electron chi connectivity index (χ4n) is 2.89. The van der Waals surface area contributed by atoms with Gasteiger partial charge in [-0.2, -0.15) is 32.0 Å². The van der Waals surface area contributed by atoms with Crippen LogP contribution in [0.1, 0.15) is 31.2 Å². The average molecular weight is 447 g/mol. The highest BCUT2D eigenvalue weighted by atomic mass is 19.4. The molecule has 0 aliphatic rings. The lowest BCUT2D eigenvalue weighted by Crippen LogP contribution is -2.26. The van der Waals surface area contributed by atoms with Gasteiger partial charge >= 0.3 is 6.18 Å². The van der Waals surface area contributed by atoms with Gasteiger partial charge in [0.15, 0.2) is 11.5 Å². The van der Waals surface area contributed by atoms with Crippen LogP contribution in [0.3, 0.4) is 0 Å². The normalized spacial score (nSPS) is 12.2. The molecule has 4 heterocycles. The number of rotatable bonds is 4. The van der Waals surface area contributed by atoms with Gasteiger partial charge in [0.1, 0.15) is 11.6 Å². The lowest BCUT2D eigenvalue weighted by Gasteiger charge is -2.22. The number of halogens is 5. The standard InChI is InChI=1S/C20H14F5N7/c1-19(2,17-26-8-5-12(28-17)11-3-4-14(21)29-16(11)22)18-27-9-6-15(30-18)32-10-7-13(31-32)20(23,24)25/h3-10H,1-2H3. The van der Waals surface area contributed by atoms with E-state index in [1.807, 2.05) is 0 Å². The van der Waals surface area contributed by atoms with Crippen molar-refractivity contribution in [3.05, 3.63) is 78.2 Å². The van der Waals surface area contributed by atoms with Crippen LogP contribution in [-0.2, 0) is 11.6 Å². The zero-order chi connectivity index (χ0) is 23.1. The summed E-state index contributed by atoms with van der Waals surface area (Å²) >= 11 is 0. The van der Waals surface area contributed by atoms with E-state index in [1.54, 1.807) is 13.8 Å². The third-order valence-electron chi connectivity index (χ3n) is 4.62. The van der Waals surface area contributed by atoms with Crippen molar-refractivity contribution >= 4 is 0 Å². The van der Waals surface area contributed by atoms with Crippen LogP contribution >= 0.6 is 0 Å². The van der Waals surface area contributed by atoms with E-state index in [-0.39, 0.29) is 28.7 Å². The number of nitrogens with zero attached hydrogens (tertiary/aromatic N) is 7. The molecular formula is C20H14F5N7. The predicted octanol–water partition coefficient (Wildman–Crippen LogP) is 4.14. The molecule has 0 saturated carbocycles. The Morgan fingerprint density at radius 1 is 0.812 bits per heavy atom. The highest BCUT2D eigenvalue weighted by molar-refractivity contribution is 5.58. The van der Waals surface area contributed by atoms with Crippen molar-refractivity contribution in [2.75, 3.05) is 0 Å². The molecule has 0 fully saturated rings. The molecule has 32 heavy (non-hydrogen) atoms. The molecular weight excluding hydrogens is 433 g/mol. The van der Waals surface area contributed by atoms with Crippen molar-refractivity contribution in [3.8, 4) is 17.1 Å². The van der Waals surface area contributed by atoms with Gasteiger partial charge in [0.2, 0.25) is 11.9 Å². The minimum absolute atomic E-state index is 0.0169. The number of pyridine rings is 1. The predicted molar refractivity (Wildman–Crippen MR) is 101 cm³/mol. The van der Waals surface area contributed by atoms with Gasteiger partial charge in [-0.25, -0.2) is 24.6 Å². The monoisotopic (exact) mass is 447 g/mol. The second kappa shape index (κ2) is 7.70. The van der Waals surface area contributed by atoms with Crippen LogP contribution in [-0.4, -0.2) is 34.7 Å². The summed E-state index contributed by atoms with van der Waals surface area (Å²) in [4.78, 5) is 20.3. The van der Waals surface area contributed by atoms with E-state index < -0.39 is 29.2 Å². The Morgan fingerprint density at radius 2 is 1.50 bits per heavy atom. The third-order valence-corrected chi connectivity index (χ3v) is 4.62. The molecule has 0 atom stereocenters. The summed E-state index contributed by atoms with van der Waals surface area (Å²) in [6.07, 6.45) is -0.667. The molecule has 0 unspecified atom stereocenters. The van der Waals surface area contributed by atoms with Crippen LogP contribution in [0.5, 0.6) is 0 Å². The van der Waals surface area contributed by atoms with E-state index in [2.05, 4.69) is 30.0 Å². The van der Waals surface area contributed by atoms with Gasteiger partial charge in [-0.1, -0.05) is 0 Å². The lowest BCUT2D eigenvalue weighted by molar-refractivity contribution is -0.141. The van der Waals surface area contributed by atoms with Crippen LogP contribution in [0.4, 0.5) is 22.0 Å². The Bertz CT molecular complexity index is 1280. The summed E-state index contributed by atoms with van der Waals surface area (Å²) in [5, 5.41) is 3.51. The largest absolute Gasteiger partial charge is 0.435 e. The summed E-state index contributed by atoms with van der Waals surface area (Å²) in [7, 11) is 0. The topological polar surface area (TPSA) is 82.3 Å². The van der Waals surface area contributed by atoms with Gasteiger partial charge < -0.3 is 0 Å². The molecule has 12 heteroatoms. The molecule has 0 aromatic carbocycles. The second-order valence-electron chi connectivity index (χ2n) is 7.24. The van der Waals surface area contributed by atoms with Gasteiger partial charge in [0.05, 0.1) is 16.7 Å². The molecule has 4 rings (SSSR count). The molecule has 0 N–H and O–H groups in total. The summed E-state index contributed by atoms with van der Waals surface area (Å²) in [5.74, 6) is -1.45. The first-order valence-electron chi connectivity index (χ1n) is 9.18. The van der Waals surface area contributed by atoms with Crippen molar-refractivity contribution in [2.24, 2.45) is 0 Å². The van der Waals surface area contributed by atoms with Crippen LogP contribution in [0.25, 0.3) is 17.1 Å². The Balaban J connectivity index is 1.71. The van der Waals surface area contributed by atoms with Crippen LogP contribution in [0, 0.1) is 11.9 Å². The smallest absolute Gasteiger partial charge is 0.240 e. The lowest BCUT2D eigenvalue weighted by atomic mass is 9.91. The summed E-state index contributed by atoms with van der Waals surface area (Å²) < 4.78 is 66.8. The van der Waals surface area contributed by atoms with Crippen molar-refractivity contribution < 1.29 is 22.0 Å². The minimum atomic E-state index is -4.58. The van der Waals surface area contributed by atoms with Crippen molar-refractivity contribution in [2.45, 2.75) is 25.4 Å². The fraction of sp³-hybridized carbons (Fsp3) is 0.200. The molecule has 0 saturated heterocycles. The van der Waals surface area contributed by atoms with Gasteiger partial charge in [-0.05, 0) is 38.1 Å². The van der Waals surface area contributed by atoms with Gasteiger partial charge in [0, 0.05) is 24.7 Å². The van der Waals surface area contributed by atoms with E-state index in [1.165, 1.54) is 30.6 Å². The minimum Gasteiger partial charge on any atom is -0.240 e. The Kier molecular flexibility index (Phi) is 5.15. The van der Waals surface area contributed by atoms with E-state index in [9.17, 15) is 22.0 Å². The molecule has 0 aliphatic heterocycles. The van der Waals surface area contributed by atoms with Crippen molar-refractivity contribution in [1.29, 1.82) is 0 Å². The fourth-order valence-corrected chi connectivity index (χ4v) is 2.89. The van der Waals surface area contributed by atoms with Crippen LogP contribution < -0.4 is 0 Å². The number of aromatic nitrogens is 7. The van der Waals surface area contributed by atoms with E-state index >= 15 is 0 Å². The molecule has 164 valence electrons. The van der Waals surface area contributed by atoms with E-state index in [0.717, 1.165) is 23.0 Å². The molecule has 0 spiro atoms. The first-order valence-corrected chi connectivity index (χ1v) is 9.18. The molecule has 0 aliphatic carbocycles. The van der Waals surface area contributed by atoms with Crippen molar-refractivity contribution in [1.82, 2.24) is 34.7 Å². The van der Waals surface area contributed by atoms with Crippen LogP contribution in [0.2, 0.25) is 0 Å². The number of hydrogen-bond donors (Lipinski definition) is 0. The Labute approximate surface area is 178 Å². The van der Waals surface area contributed by atoms with Crippen molar-refractivity contribution in [3.63, 3.8) is 0 Å². The zero-order valence-corrected chi connectivity index (χ0v) is 16.6. The maximum atomic E-state index is 14.1. The molecule has 0 radical (unpaired) electrons. The summed E-state index contributed by atoms with van der Waals surface area (Å²) in [6.45, 7) is 3.41. The quantitative estimate of drug-likeness (QED) is 0.346. The second-order valence-corrected chi connectivity index (χ2v) is 7.24. The summed E-state index contributed by atoms with van der Waals surface area (Å²) in [5.41, 5.74) is -1.92. The first kappa shape index (κ1) is 21.4. The number of alkyl halides is 3. The number of hydrogen-bond acceptors (Lipinski definition) is 6. The highest BCUT2D eigenvalue weighted by Crippen LogP contribution is 2.30. The highest BCUT2D eigenvalue weighted by Gasteiger charge is 2.34. The van der Waals surface area contributed by atoms with Gasteiger partial charge in [0.25, 0.3) is 0 Å². The molecule has 7 nitrogen and oxygen atoms in total. The SMILES string of the molecule is CC(C)(c1nccc(-c2ccc(F)nc2F)n1)c1nccc(-n2ccc(C(F)(F)F)n2)n1. The average Bonchev–Trinajstić information content (AvgIpc) is 3.25. The van der Waals surface area contributed by atoms with Gasteiger partial charge in [-0.15, -0.1) is 0 Å². The first-order chi connectivity index (χ1) is 15.1. The summed E-state index contributed by atoms with van der Waals surface area (Å²) in [6, 6.07) is 5.91. The Hall–Kier alpha value is -3.83. The zero-order valence-electron chi connectivity index (χ0n) is 16.6. The molecule has 4 aromatic rings.